The maximum absolute atomic E-state index is 12.6. The van der Waals surface area contributed by atoms with Gasteiger partial charge in [-0.05, 0) is 43.4 Å². The highest BCUT2D eigenvalue weighted by Gasteiger charge is 2.26. The summed E-state index contributed by atoms with van der Waals surface area (Å²) in [6.45, 7) is 7.19. The van der Waals surface area contributed by atoms with Crippen LogP contribution in [0, 0.1) is 0 Å². The smallest absolute Gasteiger partial charge is 0.240 e. The predicted octanol–water partition coefficient (Wildman–Crippen LogP) is 3.53. The number of ketones is 1. The summed E-state index contributed by atoms with van der Waals surface area (Å²) in [5.41, 5.74) is 1.70. The second kappa shape index (κ2) is 9.43. The number of sulfonamides is 1. The van der Waals surface area contributed by atoms with E-state index in [-0.39, 0.29) is 29.5 Å². The molecule has 1 unspecified atom stereocenters. The maximum Gasteiger partial charge on any atom is 0.240 e. The van der Waals surface area contributed by atoms with Crippen LogP contribution in [-0.2, 0) is 20.2 Å². The van der Waals surface area contributed by atoms with E-state index in [9.17, 15) is 18.0 Å². The standard InChI is InChI=1S/C23H30N2O4S/c1-17(15-23(3,4)20-11-7-6-8-12-20)24-22(27)16-25(30(5,28)29)21-13-9-10-19(14-21)18(2)26/h6-14,17H,15-16H2,1-5H3,(H,24,27). The van der Waals surface area contributed by atoms with E-state index in [0.717, 1.165) is 10.6 Å². The van der Waals surface area contributed by atoms with Crippen molar-refractivity contribution in [2.45, 2.75) is 45.6 Å². The van der Waals surface area contributed by atoms with Crippen LogP contribution in [0.1, 0.15) is 50.0 Å². The Morgan fingerprint density at radius 1 is 1.07 bits per heavy atom. The molecule has 6 nitrogen and oxygen atoms in total. The summed E-state index contributed by atoms with van der Waals surface area (Å²) in [6, 6.07) is 16.2. The van der Waals surface area contributed by atoms with Crippen molar-refractivity contribution in [1.82, 2.24) is 5.32 Å². The Bertz CT molecular complexity index is 1000. The van der Waals surface area contributed by atoms with Crippen molar-refractivity contribution in [3.8, 4) is 0 Å². The van der Waals surface area contributed by atoms with Gasteiger partial charge in [-0.1, -0.05) is 56.3 Å². The molecule has 30 heavy (non-hydrogen) atoms. The lowest BCUT2D eigenvalue weighted by Gasteiger charge is -2.30. The Kier molecular flexibility index (Phi) is 7.42. The van der Waals surface area contributed by atoms with E-state index in [4.69, 9.17) is 0 Å². The molecule has 0 saturated carbocycles. The third-order valence-electron chi connectivity index (χ3n) is 5.01. The minimum atomic E-state index is -3.71. The predicted molar refractivity (Wildman–Crippen MR) is 120 cm³/mol. The van der Waals surface area contributed by atoms with Crippen LogP contribution in [0.5, 0.6) is 0 Å². The van der Waals surface area contributed by atoms with E-state index in [1.807, 2.05) is 25.1 Å². The summed E-state index contributed by atoms with van der Waals surface area (Å²) in [7, 11) is -3.71. The van der Waals surface area contributed by atoms with Crippen LogP contribution in [0.15, 0.2) is 54.6 Å². The first kappa shape index (κ1) is 23.6. The highest BCUT2D eigenvalue weighted by molar-refractivity contribution is 7.92. The van der Waals surface area contributed by atoms with Crippen molar-refractivity contribution in [3.63, 3.8) is 0 Å². The first-order chi connectivity index (χ1) is 13.9. The van der Waals surface area contributed by atoms with Crippen molar-refractivity contribution >= 4 is 27.4 Å². The van der Waals surface area contributed by atoms with Gasteiger partial charge in [0.2, 0.25) is 15.9 Å². The Balaban J connectivity index is 2.11. The van der Waals surface area contributed by atoms with Gasteiger partial charge in [0.25, 0.3) is 0 Å². The van der Waals surface area contributed by atoms with E-state index in [2.05, 4.69) is 31.3 Å². The lowest BCUT2D eigenvalue weighted by atomic mass is 9.79. The van der Waals surface area contributed by atoms with Crippen molar-refractivity contribution in [2.75, 3.05) is 17.1 Å². The lowest BCUT2D eigenvalue weighted by molar-refractivity contribution is -0.120. The monoisotopic (exact) mass is 430 g/mol. The van der Waals surface area contributed by atoms with Gasteiger partial charge in [0.15, 0.2) is 5.78 Å². The first-order valence-electron chi connectivity index (χ1n) is 9.84. The normalized spacial score (nSPS) is 12.8. The molecule has 1 amide bonds. The van der Waals surface area contributed by atoms with E-state index in [0.29, 0.717) is 12.0 Å². The van der Waals surface area contributed by atoms with Crippen LogP contribution in [-0.4, -0.2) is 39.0 Å². The van der Waals surface area contributed by atoms with E-state index in [1.54, 1.807) is 18.2 Å². The Labute approximate surface area is 179 Å². The zero-order valence-corrected chi connectivity index (χ0v) is 19.0. The Morgan fingerprint density at radius 2 is 1.70 bits per heavy atom. The fourth-order valence-corrected chi connectivity index (χ4v) is 4.40. The molecule has 2 rings (SSSR count). The van der Waals surface area contributed by atoms with Gasteiger partial charge in [-0.3, -0.25) is 13.9 Å². The van der Waals surface area contributed by atoms with Gasteiger partial charge in [0.1, 0.15) is 6.54 Å². The molecule has 0 saturated heterocycles. The zero-order chi connectivity index (χ0) is 22.5. The first-order valence-corrected chi connectivity index (χ1v) is 11.7. The second-order valence-corrected chi connectivity index (χ2v) is 10.2. The quantitative estimate of drug-likeness (QED) is 0.617. The number of rotatable bonds is 9. The lowest BCUT2D eigenvalue weighted by Crippen LogP contribution is -2.44. The molecule has 0 aromatic heterocycles. The highest BCUT2D eigenvalue weighted by Crippen LogP contribution is 2.28. The van der Waals surface area contributed by atoms with Crippen LogP contribution in [0.2, 0.25) is 0 Å². The van der Waals surface area contributed by atoms with Gasteiger partial charge < -0.3 is 5.32 Å². The van der Waals surface area contributed by atoms with Gasteiger partial charge in [-0.15, -0.1) is 0 Å². The molecule has 2 aromatic carbocycles. The zero-order valence-electron chi connectivity index (χ0n) is 18.2. The molecule has 0 heterocycles. The molecule has 0 aliphatic carbocycles. The number of amides is 1. The van der Waals surface area contributed by atoms with Crippen molar-refractivity contribution < 1.29 is 18.0 Å². The number of Topliss-reactive ketones (excluding diaryl/α,β-unsaturated/α-hetero) is 1. The third kappa shape index (κ3) is 6.42. The molecule has 2 aromatic rings. The highest BCUT2D eigenvalue weighted by atomic mass is 32.2. The SMILES string of the molecule is CC(=O)c1cccc(N(CC(=O)NC(C)CC(C)(C)c2ccccc2)S(C)(=O)=O)c1. The molecule has 0 bridgehead atoms. The summed E-state index contributed by atoms with van der Waals surface area (Å²) in [4.78, 5) is 24.3. The van der Waals surface area contributed by atoms with Crippen LogP contribution in [0.4, 0.5) is 5.69 Å². The minimum Gasteiger partial charge on any atom is -0.352 e. The Hall–Kier alpha value is -2.67. The van der Waals surface area contributed by atoms with Gasteiger partial charge in [-0.25, -0.2) is 8.42 Å². The van der Waals surface area contributed by atoms with Crippen molar-refractivity contribution in [3.05, 3.63) is 65.7 Å². The molecule has 162 valence electrons. The van der Waals surface area contributed by atoms with Crippen molar-refractivity contribution in [1.29, 1.82) is 0 Å². The number of anilines is 1. The summed E-state index contributed by atoms with van der Waals surface area (Å²) in [5, 5.41) is 2.90. The number of nitrogens with zero attached hydrogens (tertiary/aromatic N) is 1. The molecule has 7 heteroatoms. The van der Waals surface area contributed by atoms with Gasteiger partial charge in [0, 0.05) is 11.6 Å². The molecule has 0 fully saturated rings. The topological polar surface area (TPSA) is 83.6 Å². The maximum atomic E-state index is 12.6. The molecule has 0 aliphatic heterocycles. The van der Waals surface area contributed by atoms with Gasteiger partial charge in [-0.2, -0.15) is 0 Å². The summed E-state index contributed by atoms with van der Waals surface area (Å²) in [5.74, 6) is -0.573. The Morgan fingerprint density at radius 3 is 2.27 bits per heavy atom. The van der Waals surface area contributed by atoms with E-state index < -0.39 is 15.9 Å². The molecular weight excluding hydrogens is 400 g/mol. The van der Waals surface area contributed by atoms with Gasteiger partial charge in [0.05, 0.1) is 11.9 Å². The number of carbonyl (C=O) groups is 2. The molecule has 0 aliphatic rings. The fourth-order valence-electron chi connectivity index (χ4n) is 3.55. The second-order valence-electron chi connectivity index (χ2n) is 8.30. The van der Waals surface area contributed by atoms with Crippen LogP contribution < -0.4 is 9.62 Å². The number of hydrogen-bond donors (Lipinski definition) is 1. The number of nitrogens with one attached hydrogen (secondary N) is 1. The largest absolute Gasteiger partial charge is 0.352 e. The van der Waals surface area contributed by atoms with Crippen LogP contribution in [0.3, 0.4) is 0 Å². The van der Waals surface area contributed by atoms with E-state index >= 15 is 0 Å². The molecular formula is C23H30N2O4S. The van der Waals surface area contributed by atoms with Gasteiger partial charge >= 0.3 is 0 Å². The summed E-state index contributed by atoms with van der Waals surface area (Å²) < 4.78 is 25.6. The molecule has 1 N–H and O–H groups in total. The fraction of sp³-hybridized carbons (Fsp3) is 0.391. The number of hydrogen-bond acceptors (Lipinski definition) is 4. The number of benzene rings is 2. The average molecular weight is 431 g/mol. The molecule has 0 radical (unpaired) electrons. The molecule has 0 spiro atoms. The summed E-state index contributed by atoms with van der Waals surface area (Å²) in [6.07, 6.45) is 1.74. The van der Waals surface area contributed by atoms with E-state index in [1.165, 1.54) is 18.6 Å². The third-order valence-corrected chi connectivity index (χ3v) is 6.15. The molecule has 1 atom stereocenters. The minimum absolute atomic E-state index is 0.152. The van der Waals surface area contributed by atoms with Crippen LogP contribution in [0.25, 0.3) is 0 Å². The summed E-state index contributed by atoms with van der Waals surface area (Å²) >= 11 is 0. The van der Waals surface area contributed by atoms with Crippen LogP contribution >= 0.6 is 0 Å². The number of carbonyl (C=O) groups excluding carboxylic acids is 2. The van der Waals surface area contributed by atoms with Crippen molar-refractivity contribution in [2.24, 2.45) is 0 Å². The average Bonchev–Trinajstić information content (AvgIpc) is 2.65.